The molecule has 0 bridgehead atoms. The normalized spacial score (nSPS) is 14.5. The molecule has 0 unspecified atom stereocenters. The second-order valence-electron chi connectivity index (χ2n) is 5.76. The van der Waals surface area contributed by atoms with E-state index in [1.165, 1.54) is 25.1 Å². The molecule has 0 saturated carbocycles. The van der Waals surface area contributed by atoms with Crippen LogP contribution in [0.4, 0.5) is 10.1 Å². The lowest BCUT2D eigenvalue weighted by molar-refractivity contribution is -0.122. The molecule has 0 aliphatic carbocycles. The number of carbonyl (C=O) groups is 1. The summed E-state index contributed by atoms with van der Waals surface area (Å²) in [5.74, 6) is -0.762. The Labute approximate surface area is 131 Å². The molecule has 0 aliphatic rings. The third-order valence-corrected chi connectivity index (χ3v) is 4.76. The lowest BCUT2D eigenvalue weighted by Gasteiger charge is -2.29. The third kappa shape index (κ3) is 4.69. The molecule has 0 saturated heterocycles. The van der Waals surface area contributed by atoms with Crippen LogP contribution < -0.4 is 9.62 Å². The van der Waals surface area contributed by atoms with Gasteiger partial charge in [-0.3, -0.25) is 9.10 Å². The minimum absolute atomic E-state index is 0.0936. The van der Waals surface area contributed by atoms with Gasteiger partial charge >= 0.3 is 0 Å². The molecule has 0 heterocycles. The molecular weight excluding hydrogens is 307 g/mol. The van der Waals surface area contributed by atoms with Gasteiger partial charge in [-0.2, -0.15) is 0 Å². The van der Waals surface area contributed by atoms with E-state index in [0.29, 0.717) is 0 Å². The van der Waals surface area contributed by atoms with Crippen LogP contribution in [0.5, 0.6) is 0 Å². The summed E-state index contributed by atoms with van der Waals surface area (Å²) >= 11 is 0. The highest BCUT2D eigenvalue weighted by Crippen LogP contribution is 2.21. The zero-order valence-corrected chi connectivity index (χ0v) is 14.3. The van der Waals surface area contributed by atoms with E-state index in [1.54, 1.807) is 0 Å². The van der Waals surface area contributed by atoms with Crippen molar-refractivity contribution < 1.29 is 17.6 Å². The van der Waals surface area contributed by atoms with Crippen LogP contribution in [0.1, 0.15) is 27.7 Å². The maximum absolute atomic E-state index is 13.4. The summed E-state index contributed by atoms with van der Waals surface area (Å²) in [6.07, 6.45) is 0.994. The van der Waals surface area contributed by atoms with Gasteiger partial charge in [0, 0.05) is 6.04 Å². The van der Waals surface area contributed by atoms with E-state index in [0.717, 1.165) is 16.6 Å². The van der Waals surface area contributed by atoms with E-state index < -0.39 is 27.8 Å². The van der Waals surface area contributed by atoms with Gasteiger partial charge in [0.2, 0.25) is 15.9 Å². The summed E-state index contributed by atoms with van der Waals surface area (Å²) in [4.78, 5) is 12.3. The molecule has 5 nitrogen and oxygen atoms in total. The second kappa shape index (κ2) is 7.09. The highest BCUT2D eigenvalue weighted by molar-refractivity contribution is 7.92. The maximum Gasteiger partial charge on any atom is 0.243 e. The van der Waals surface area contributed by atoms with Crippen molar-refractivity contribution >= 4 is 21.6 Å². The number of nitrogens with one attached hydrogen (secondary N) is 1. The molecule has 1 aromatic carbocycles. The Morgan fingerprint density at radius 3 is 2.27 bits per heavy atom. The van der Waals surface area contributed by atoms with Crippen molar-refractivity contribution in [3.63, 3.8) is 0 Å². The van der Waals surface area contributed by atoms with Crippen LogP contribution in [0.2, 0.25) is 0 Å². The van der Waals surface area contributed by atoms with Crippen molar-refractivity contribution in [1.29, 1.82) is 0 Å². The van der Waals surface area contributed by atoms with Crippen LogP contribution in [-0.2, 0) is 14.8 Å². The van der Waals surface area contributed by atoms with Gasteiger partial charge in [0.1, 0.15) is 11.9 Å². The monoisotopic (exact) mass is 330 g/mol. The van der Waals surface area contributed by atoms with Crippen LogP contribution in [-0.4, -0.2) is 32.7 Å². The van der Waals surface area contributed by atoms with Crippen molar-refractivity contribution in [2.24, 2.45) is 5.92 Å². The van der Waals surface area contributed by atoms with E-state index in [2.05, 4.69) is 5.32 Å². The molecule has 0 aliphatic heterocycles. The molecule has 1 aromatic rings. The predicted molar refractivity (Wildman–Crippen MR) is 85.6 cm³/mol. The average molecular weight is 330 g/mol. The Morgan fingerprint density at radius 1 is 1.23 bits per heavy atom. The Hall–Kier alpha value is -1.63. The SMILES string of the molecule is CC(C)[C@H](C)NC(=O)[C@H](C)N(c1cccc(F)c1)S(C)(=O)=O. The van der Waals surface area contributed by atoms with Crippen LogP contribution in [0.15, 0.2) is 24.3 Å². The van der Waals surface area contributed by atoms with Crippen LogP contribution in [0.25, 0.3) is 0 Å². The van der Waals surface area contributed by atoms with E-state index in [4.69, 9.17) is 0 Å². The highest BCUT2D eigenvalue weighted by atomic mass is 32.2. The third-order valence-electron chi connectivity index (χ3n) is 3.52. The number of amides is 1. The standard InChI is InChI=1S/C15H23FN2O3S/c1-10(2)11(3)17-15(19)12(4)18(22(5,20)21)14-8-6-7-13(16)9-14/h6-12H,1-5H3,(H,17,19)/t11-,12-/m0/s1. The average Bonchev–Trinajstić information content (AvgIpc) is 2.36. The number of rotatable bonds is 6. The minimum atomic E-state index is -3.73. The lowest BCUT2D eigenvalue weighted by atomic mass is 10.1. The molecule has 1 amide bonds. The molecule has 0 aromatic heterocycles. The molecule has 7 heteroatoms. The number of nitrogens with zero attached hydrogens (tertiary/aromatic N) is 1. The van der Waals surface area contributed by atoms with Gasteiger partial charge in [-0.25, -0.2) is 12.8 Å². The summed E-state index contributed by atoms with van der Waals surface area (Å²) in [6.45, 7) is 7.24. The Bertz CT molecular complexity index is 631. The van der Waals surface area contributed by atoms with E-state index >= 15 is 0 Å². The number of sulfonamides is 1. The van der Waals surface area contributed by atoms with Gasteiger partial charge in [-0.05, 0) is 38.0 Å². The van der Waals surface area contributed by atoms with Gasteiger partial charge in [0.15, 0.2) is 0 Å². The molecular formula is C15H23FN2O3S. The van der Waals surface area contributed by atoms with Gasteiger partial charge in [0.05, 0.1) is 11.9 Å². The smallest absolute Gasteiger partial charge is 0.243 e. The van der Waals surface area contributed by atoms with E-state index in [1.807, 2.05) is 20.8 Å². The Morgan fingerprint density at radius 2 is 1.82 bits per heavy atom. The van der Waals surface area contributed by atoms with E-state index in [-0.39, 0.29) is 17.6 Å². The van der Waals surface area contributed by atoms with Crippen molar-refractivity contribution in [3.8, 4) is 0 Å². The first-order chi connectivity index (χ1) is 10.0. The van der Waals surface area contributed by atoms with Crippen LogP contribution in [0.3, 0.4) is 0 Å². The summed E-state index contributed by atoms with van der Waals surface area (Å²) < 4.78 is 38.4. The largest absolute Gasteiger partial charge is 0.352 e. The fourth-order valence-electron chi connectivity index (χ4n) is 1.93. The van der Waals surface area contributed by atoms with Crippen molar-refractivity contribution in [2.75, 3.05) is 10.6 Å². The molecule has 1 rings (SSSR count). The fourth-order valence-corrected chi connectivity index (χ4v) is 3.10. The highest BCUT2D eigenvalue weighted by Gasteiger charge is 2.30. The van der Waals surface area contributed by atoms with Gasteiger partial charge in [-0.15, -0.1) is 0 Å². The molecule has 1 N–H and O–H groups in total. The van der Waals surface area contributed by atoms with Gasteiger partial charge in [-0.1, -0.05) is 19.9 Å². The van der Waals surface area contributed by atoms with Crippen molar-refractivity contribution in [2.45, 2.75) is 39.8 Å². The summed E-state index contributed by atoms with van der Waals surface area (Å²) in [5, 5.41) is 2.78. The minimum Gasteiger partial charge on any atom is -0.352 e. The topological polar surface area (TPSA) is 66.5 Å². The van der Waals surface area contributed by atoms with Crippen molar-refractivity contribution in [1.82, 2.24) is 5.32 Å². The lowest BCUT2D eigenvalue weighted by Crippen LogP contribution is -2.50. The van der Waals surface area contributed by atoms with Crippen LogP contribution in [0, 0.1) is 11.7 Å². The number of carbonyl (C=O) groups excluding carboxylic acids is 1. The Balaban J connectivity index is 3.11. The Kier molecular flexibility index (Phi) is 5.93. The predicted octanol–water partition coefficient (Wildman–Crippen LogP) is 2.14. The number of anilines is 1. The molecule has 2 atom stereocenters. The second-order valence-corrected chi connectivity index (χ2v) is 7.62. The number of benzene rings is 1. The van der Waals surface area contributed by atoms with E-state index in [9.17, 15) is 17.6 Å². The molecule has 0 fully saturated rings. The van der Waals surface area contributed by atoms with Crippen molar-refractivity contribution in [3.05, 3.63) is 30.1 Å². The first kappa shape index (κ1) is 18.4. The van der Waals surface area contributed by atoms with Crippen LogP contribution >= 0.6 is 0 Å². The van der Waals surface area contributed by atoms with Gasteiger partial charge < -0.3 is 5.32 Å². The van der Waals surface area contributed by atoms with Gasteiger partial charge in [0.25, 0.3) is 0 Å². The number of halogens is 1. The first-order valence-corrected chi connectivity index (χ1v) is 8.94. The first-order valence-electron chi connectivity index (χ1n) is 7.09. The molecule has 124 valence electrons. The number of hydrogen-bond donors (Lipinski definition) is 1. The summed E-state index contributed by atoms with van der Waals surface area (Å²) in [6, 6.07) is 4.11. The molecule has 22 heavy (non-hydrogen) atoms. The molecule has 0 spiro atoms. The zero-order chi connectivity index (χ0) is 17.1. The zero-order valence-electron chi connectivity index (χ0n) is 13.5. The fraction of sp³-hybridized carbons (Fsp3) is 0.533. The summed E-state index contributed by atoms with van der Waals surface area (Å²) in [7, 11) is -3.73. The number of hydrogen-bond acceptors (Lipinski definition) is 3. The summed E-state index contributed by atoms with van der Waals surface area (Å²) in [5.41, 5.74) is 0.127. The molecule has 0 radical (unpaired) electrons. The maximum atomic E-state index is 13.4. The quantitative estimate of drug-likeness (QED) is 0.869.